The topological polar surface area (TPSA) is 69.8 Å². The van der Waals surface area contributed by atoms with Crippen LogP contribution in [0, 0.1) is 28.6 Å². The second-order valence-electron chi connectivity index (χ2n) is 9.56. The van der Waals surface area contributed by atoms with Gasteiger partial charge in [0.15, 0.2) is 0 Å². The lowest BCUT2D eigenvalue weighted by molar-refractivity contribution is 0.674. The molecule has 1 unspecified atom stereocenters. The van der Waals surface area contributed by atoms with Gasteiger partial charge in [0.2, 0.25) is 0 Å². The minimum Gasteiger partial charge on any atom is -0.324 e. The average Bonchev–Trinajstić information content (AvgIpc) is 3.45. The van der Waals surface area contributed by atoms with Gasteiger partial charge in [0.25, 0.3) is 0 Å². The summed E-state index contributed by atoms with van der Waals surface area (Å²) in [6.45, 7) is 2.63. The molecule has 0 fully saturated rings. The van der Waals surface area contributed by atoms with Crippen LogP contribution in [0.4, 0.5) is 0 Å². The normalized spacial score (nSPS) is 16.7. The van der Waals surface area contributed by atoms with Crippen LogP contribution in [0.3, 0.4) is 0 Å². The number of rotatable bonds is 4. The third-order valence-corrected chi connectivity index (χ3v) is 7.38. The highest BCUT2D eigenvalue weighted by molar-refractivity contribution is 6.16. The molecule has 2 aliphatic carbocycles. The van der Waals surface area contributed by atoms with Crippen LogP contribution in [0.15, 0.2) is 71.8 Å². The summed E-state index contributed by atoms with van der Waals surface area (Å²) >= 11 is 0. The van der Waals surface area contributed by atoms with Gasteiger partial charge >= 0.3 is 0 Å². The predicted molar refractivity (Wildman–Crippen MR) is 150 cm³/mol. The van der Waals surface area contributed by atoms with E-state index in [1.54, 1.807) is 0 Å². The Labute approximate surface area is 216 Å². The van der Waals surface area contributed by atoms with Gasteiger partial charge in [0.05, 0.1) is 34.7 Å². The number of aliphatic imine (C=N–C) groups is 1. The molecule has 5 nitrogen and oxygen atoms in total. The lowest BCUT2D eigenvalue weighted by atomic mass is 9.90. The molecule has 37 heavy (non-hydrogen) atoms. The van der Waals surface area contributed by atoms with Gasteiger partial charge in [-0.15, -0.1) is 0 Å². The molecule has 0 spiro atoms. The van der Waals surface area contributed by atoms with E-state index in [4.69, 9.17) is 4.99 Å². The highest BCUT2D eigenvalue weighted by Crippen LogP contribution is 2.35. The van der Waals surface area contributed by atoms with Crippen molar-refractivity contribution in [2.45, 2.75) is 39.3 Å². The van der Waals surface area contributed by atoms with Crippen LogP contribution in [0.2, 0.25) is 0 Å². The molecule has 0 amide bonds. The summed E-state index contributed by atoms with van der Waals surface area (Å²) in [5, 5.41) is 21.2. The number of hydrogen-bond acceptors (Lipinski definition) is 3. The number of fused-ring (bicyclic) bond motifs is 6. The summed E-state index contributed by atoms with van der Waals surface area (Å²) in [4.78, 5) is 5.21. The van der Waals surface area contributed by atoms with Crippen LogP contribution in [0.5, 0.6) is 0 Å². The van der Waals surface area contributed by atoms with Gasteiger partial charge in [-0.25, -0.2) is 4.99 Å². The number of nitriles is 2. The van der Waals surface area contributed by atoms with Crippen molar-refractivity contribution in [3.63, 3.8) is 0 Å². The molecule has 2 aromatic carbocycles. The zero-order valence-electron chi connectivity index (χ0n) is 20.9. The fourth-order valence-corrected chi connectivity index (χ4v) is 5.66. The highest BCUT2D eigenvalue weighted by atomic mass is 15.1. The standard InChI is InChI=1S/C32H27N5/c1-2-3-12-32(37-30-11-7-5-9-25(30)27-18-23(20-34)14-16-31(27)37)35-21-36-28-10-6-4-8-24(28)26-17-22(19-33)13-15-29(26)36/h3-5,7-9,11-16,18,22H,2,6,10,17,21H2,1H3/b12-3-,35-32+. The van der Waals surface area contributed by atoms with Gasteiger partial charge in [-0.3, -0.25) is 4.57 Å². The molecule has 180 valence electrons. The maximum Gasteiger partial charge on any atom is 0.134 e. The van der Waals surface area contributed by atoms with E-state index < -0.39 is 0 Å². The lowest BCUT2D eigenvalue weighted by Gasteiger charge is -2.15. The van der Waals surface area contributed by atoms with Crippen LogP contribution in [0.25, 0.3) is 34.0 Å². The maximum atomic E-state index is 9.52. The average molecular weight is 482 g/mol. The molecule has 0 N–H and O–H groups in total. The smallest absolute Gasteiger partial charge is 0.134 e. The van der Waals surface area contributed by atoms with Gasteiger partial charge in [0.1, 0.15) is 12.5 Å². The molecule has 0 radical (unpaired) electrons. The van der Waals surface area contributed by atoms with E-state index in [1.165, 1.54) is 22.5 Å². The molecule has 1 atom stereocenters. The van der Waals surface area contributed by atoms with E-state index in [9.17, 15) is 10.5 Å². The summed E-state index contributed by atoms with van der Waals surface area (Å²) < 4.78 is 4.54. The molecule has 6 rings (SSSR count). The molecule has 0 saturated carbocycles. The molecule has 0 bridgehead atoms. The van der Waals surface area contributed by atoms with Gasteiger partial charge in [-0.2, -0.15) is 10.5 Å². The van der Waals surface area contributed by atoms with E-state index in [0.717, 1.165) is 53.3 Å². The number of nitrogens with zero attached hydrogens (tertiary/aromatic N) is 5. The third-order valence-electron chi connectivity index (χ3n) is 7.38. The molecular formula is C32H27N5. The quantitative estimate of drug-likeness (QED) is 0.232. The van der Waals surface area contributed by atoms with Crippen molar-refractivity contribution in [1.82, 2.24) is 9.13 Å². The van der Waals surface area contributed by atoms with E-state index in [2.05, 4.69) is 70.7 Å². The second kappa shape index (κ2) is 9.45. The molecule has 4 aromatic rings. The van der Waals surface area contributed by atoms with Crippen LogP contribution < -0.4 is 0 Å². The number of aromatic nitrogens is 2. The molecule has 2 heterocycles. The van der Waals surface area contributed by atoms with Crippen molar-refractivity contribution in [3.05, 3.63) is 94.8 Å². The summed E-state index contributed by atoms with van der Waals surface area (Å²) in [5.41, 5.74) is 7.78. The largest absolute Gasteiger partial charge is 0.324 e. The van der Waals surface area contributed by atoms with Crippen LogP contribution >= 0.6 is 0 Å². The Hall–Kier alpha value is -4.61. The van der Waals surface area contributed by atoms with Crippen molar-refractivity contribution in [2.24, 2.45) is 10.9 Å². The first-order valence-corrected chi connectivity index (χ1v) is 12.9. The zero-order chi connectivity index (χ0) is 25.4. The number of allylic oxidation sites excluding steroid dienone is 4. The first kappa shape index (κ1) is 22.8. The fourth-order valence-electron chi connectivity index (χ4n) is 5.66. The van der Waals surface area contributed by atoms with Crippen molar-refractivity contribution in [1.29, 1.82) is 10.5 Å². The molecule has 5 heteroatoms. The number of benzene rings is 2. The Morgan fingerprint density at radius 3 is 2.81 bits per heavy atom. The fraction of sp³-hybridized carbons (Fsp3) is 0.219. The first-order chi connectivity index (χ1) is 18.2. The molecule has 0 saturated heterocycles. The number of hydrogen-bond donors (Lipinski definition) is 0. The summed E-state index contributed by atoms with van der Waals surface area (Å²) in [7, 11) is 0. The van der Waals surface area contributed by atoms with Gasteiger partial charge < -0.3 is 4.57 Å². The first-order valence-electron chi connectivity index (χ1n) is 12.9. The van der Waals surface area contributed by atoms with E-state index >= 15 is 0 Å². The monoisotopic (exact) mass is 481 g/mol. The zero-order valence-corrected chi connectivity index (χ0v) is 20.9. The third kappa shape index (κ3) is 3.81. The van der Waals surface area contributed by atoms with Gasteiger partial charge in [-0.05, 0) is 73.2 Å². The van der Waals surface area contributed by atoms with Crippen LogP contribution in [-0.2, 0) is 19.5 Å². The Balaban J connectivity index is 1.53. The van der Waals surface area contributed by atoms with Crippen molar-refractivity contribution in [2.75, 3.05) is 0 Å². The second-order valence-corrected chi connectivity index (χ2v) is 9.56. The van der Waals surface area contributed by atoms with Crippen molar-refractivity contribution < 1.29 is 0 Å². The summed E-state index contributed by atoms with van der Waals surface area (Å²) in [6, 6.07) is 18.9. The molecule has 0 aliphatic heterocycles. The summed E-state index contributed by atoms with van der Waals surface area (Å²) in [6.07, 6.45) is 16.5. The van der Waals surface area contributed by atoms with Gasteiger partial charge in [-0.1, -0.05) is 49.4 Å². The Morgan fingerprint density at radius 1 is 1.11 bits per heavy atom. The minimum atomic E-state index is -0.0785. The minimum absolute atomic E-state index is 0.0785. The Kier molecular flexibility index (Phi) is 5.83. The van der Waals surface area contributed by atoms with E-state index in [1.807, 2.05) is 36.4 Å². The molecule has 2 aromatic heterocycles. The maximum absolute atomic E-state index is 9.52. The van der Waals surface area contributed by atoms with Crippen LogP contribution in [0.1, 0.15) is 47.8 Å². The Morgan fingerprint density at radius 2 is 1.97 bits per heavy atom. The van der Waals surface area contributed by atoms with Crippen molar-refractivity contribution >= 4 is 39.8 Å². The summed E-state index contributed by atoms with van der Waals surface area (Å²) in [5.74, 6) is 0.792. The highest BCUT2D eigenvalue weighted by Gasteiger charge is 2.25. The lowest BCUT2D eigenvalue weighted by Crippen LogP contribution is -2.13. The molecular weight excluding hydrogens is 454 g/mol. The van der Waals surface area contributed by atoms with E-state index in [0.29, 0.717) is 12.2 Å². The SMILES string of the molecule is CC/C=C\C(=N/Cn1c2c(c3c1CCC=C3)CC(C#N)C=C2)n1c2ccccc2c2cc(C#N)ccc21. The number of para-hydroxylation sites is 1. The van der Waals surface area contributed by atoms with E-state index in [-0.39, 0.29) is 5.92 Å². The van der Waals surface area contributed by atoms with Crippen LogP contribution in [-0.4, -0.2) is 15.0 Å². The van der Waals surface area contributed by atoms with Gasteiger partial charge in [0, 0.05) is 22.2 Å². The molecule has 2 aliphatic rings. The Bertz CT molecular complexity index is 1740. The predicted octanol–water partition coefficient (Wildman–Crippen LogP) is 7.01. The van der Waals surface area contributed by atoms with Crippen molar-refractivity contribution in [3.8, 4) is 12.1 Å².